The topological polar surface area (TPSA) is 37.8 Å². The number of imidazole rings is 1. The first-order chi connectivity index (χ1) is 6.25. The predicted octanol–water partition coefficient (Wildman–Crippen LogP) is 1.59. The van der Waals surface area contributed by atoms with Gasteiger partial charge in [0.05, 0.1) is 6.54 Å². The van der Waals surface area contributed by atoms with Crippen LogP contribution in [0.1, 0.15) is 9.75 Å². The molecule has 0 aliphatic rings. The smallest absolute Gasteiger partial charge is 0.313 e. The number of aromatic nitrogens is 2. The first kappa shape index (κ1) is 8.31. The lowest BCUT2D eigenvalue weighted by atomic mass is 10.4. The van der Waals surface area contributed by atoms with Crippen molar-refractivity contribution < 1.29 is 0 Å². The lowest BCUT2D eigenvalue weighted by Gasteiger charge is -1.95. The van der Waals surface area contributed by atoms with Crippen molar-refractivity contribution in [1.82, 2.24) is 9.55 Å². The van der Waals surface area contributed by atoms with E-state index in [-0.39, 0.29) is 5.69 Å². The molecule has 0 saturated heterocycles. The van der Waals surface area contributed by atoms with Crippen LogP contribution in [0.4, 0.5) is 0 Å². The molecule has 0 aliphatic carbocycles. The average molecular weight is 194 g/mol. The summed E-state index contributed by atoms with van der Waals surface area (Å²) in [5.41, 5.74) is -0.0500. The van der Waals surface area contributed by atoms with Gasteiger partial charge in [-0.3, -0.25) is 4.57 Å². The van der Waals surface area contributed by atoms with Gasteiger partial charge in [0.15, 0.2) is 0 Å². The van der Waals surface area contributed by atoms with Crippen LogP contribution in [0.5, 0.6) is 0 Å². The zero-order valence-corrected chi connectivity index (χ0v) is 8.10. The van der Waals surface area contributed by atoms with Gasteiger partial charge in [0.2, 0.25) is 0 Å². The van der Waals surface area contributed by atoms with E-state index < -0.39 is 0 Å². The Bertz CT molecular complexity index is 452. The fourth-order valence-corrected chi connectivity index (χ4v) is 2.10. The van der Waals surface area contributed by atoms with E-state index in [0.29, 0.717) is 6.54 Å². The van der Waals surface area contributed by atoms with Crippen LogP contribution < -0.4 is 5.69 Å². The van der Waals surface area contributed by atoms with Crippen molar-refractivity contribution in [1.29, 1.82) is 0 Å². The zero-order valence-electron chi connectivity index (χ0n) is 7.28. The van der Waals surface area contributed by atoms with E-state index in [9.17, 15) is 4.79 Å². The molecule has 0 bridgehead atoms. The highest BCUT2D eigenvalue weighted by Crippen LogP contribution is 2.15. The number of aryl methyl sites for hydroxylation is 1. The monoisotopic (exact) mass is 194 g/mol. The summed E-state index contributed by atoms with van der Waals surface area (Å²) in [5.74, 6) is 0. The Balaban J connectivity index is 2.24. The molecule has 0 spiro atoms. The average Bonchev–Trinajstić information content (AvgIpc) is 2.64. The lowest BCUT2D eigenvalue weighted by molar-refractivity contribution is 0.772. The Morgan fingerprint density at radius 2 is 2.38 bits per heavy atom. The van der Waals surface area contributed by atoms with Gasteiger partial charge >= 0.3 is 5.69 Å². The van der Waals surface area contributed by atoms with Crippen molar-refractivity contribution in [3.63, 3.8) is 0 Å². The van der Waals surface area contributed by atoms with Crippen LogP contribution in [-0.2, 0) is 6.54 Å². The number of hydrogen-bond acceptors (Lipinski definition) is 2. The number of thiophene rings is 1. The van der Waals surface area contributed by atoms with Crippen molar-refractivity contribution in [2.45, 2.75) is 13.5 Å². The minimum atomic E-state index is -0.0500. The predicted molar refractivity (Wildman–Crippen MR) is 53.2 cm³/mol. The second-order valence-corrected chi connectivity index (χ2v) is 4.28. The molecule has 0 aromatic carbocycles. The number of nitrogens with one attached hydrogen (secondary N) is 1. The quantitative estimate of drug-likeness (QED) is 0.774. The van der Waals surface area contributed by atoms with Gasteiger partial charge in [0.25, 0.3) is 0 Å². The van der Waals surface area contributed by atoms with E-state index in [1.807, 2.05) is 0 Å². The third-order valence-corrected chi connectivity index (χ3v) is 2.83. The maximum absolute atomic E-state index is 11.1. The summed E-state index contributed by atoms with van der Waals surface area (Å²) >= 11 is 1.72. The highest BCUT2D eigenvalue weighted by Gasteiger charge is 1.99. The van der Waals surface area contributed by atoms with Crippen molar-refractivity contribution in [2.24, 2.45) is 0 Å². The summed E-state index contributed by atoms with van der Waals surface area (Å²) in [6, 6.07) is 4.12. The first-order valence-corrected chi connectivity index (χ1v) is 4.86. The second kappa shape index (κ2) is 3.22. The molecule has 4 heteroatoms. The molecule has 0 amide bonds. The van der Waals surface area contributed by atoms with Crippen molar-refractivity contribution in [3.05, 3.63) is 44.8 Å². The zero-order chi connectivity index (χ0) is 9.26. The molecule has 0 fully saturated rings. The first-order valence-electron chi connectivity index (χ1n) is 4.05. The van der Waals surface area contributed by atoms with Gasteiger partial charge in [-0.05, 0) is 19.1 Å². The molecule has 0 aliphatic heterocycles. The summed E-state index contributed by atoms with van der Waals surface area (Å²) in [7, 11) is 0. The molecule has 2 aromatic rings. The van der Waals surface area contributed by atoms with Crippen molar-refractivity contribution in [3.8, 4) is 0 Å². The molecule has 0 saturated carbocycles. The van der Waals surface area contributed by atoms with Gasteiger partial charge < -0.3 is 4.98 Å². The van der Waals surface area contributed by atoms with Gasteiger partial charge in [-0.15, -0.1) is 11.3 Å². The van der Waals surface area contributed by atoms with E-state index in [2.05, 4.69) is 24.0 Å². The standard InChI is InChI=1S/C9H10N2OS/c1-7-2-3-8(13-7)6-11-5-4-10-9(11)12/h2-5H,6H2,1H3,(H,10,12). The highest BCUT2D eigenvalue weighted by molar-refractivity contribution is 7.11. The third kappa shape index (κ3) is 1.72. The van der Waals surface area contributed by atoms with E-state index in [1.165, 1.54) is 9.75 Å². The van der Waals surface area contributed by atoms with Crippen molar-refractivity contribution >= 4 is 11.3 Å². The van der Waals surface area contributed by atoms with Gasteiger partial charge in [0.1, 0.15) is 0 Å². The van der Waals surface area contributed by atoms with Gasteiger partial charge in [-0.1, -0.05) is 0 Å². The van der Waals surface area contributed by atoms with Crippen LogP contribution in [0.15, 0.2) is 29.3 Å². The Morgan fingerprint density at radius 1 is 1.54 bits per heavy atom. The molecular formula is C9H10N2OS. The summed E-state index contributed by atoms with van der Waals surface area (Å²) in [4.78, 5) is 16.2. The Kier molecular flexibility index (Phi) is 2.06. The molecule has 1 N–H and O–H groups in total. The molecule has 68 valence electrons. The number of rotatable bonds is 2. The lowest BCUT2D eigenvalue weighted by Crippen LogP contribution is -2.15. The minimum absolute atomic E-state index is 0.0500. The molecule has 2 rings (SSSR count). The maximum Gasteiger partial charge on any atom is 0.325 e. The summed E-state index contributed by atoms with van der Waals surface area (Å²) in [6.07, 6.45) is 3.42. The molecule has 2 heterocycles. The SMILES string of the molecule is Cc1ccc(Cn2cc[nH]c2=O)s1. The summed E-state index contributed by atoms with van der Waals surface area (Å²) < 4.78 is 1.66. The molecular weight excluding hydrogens is 184 g/mol. The van der Waals surface area contributed by atoms with Crippen LogP contribution in [0.25, 0.3) is 0 Å². The number of nitrogens with zero attached hydrogens (tertiary/aromatic N) is 1. The van der Waals surface area contributed by atoms with Crippen LogP contribution in [0.2, 0.25) is 0 Å². The van der Waals surface area contributed by atoms with E-state index in [4.69, 9.17) is 0 Å². The van der Waals surface area contributed by atoms with E-state index >= 15 is 0 Å². The van der Waals surface area contributed by atoms with E-state index in [0.717, 1.165) is 0 Å². The second-order valence-electron chi connectivity index (χ2n) is 2.91. The Hall–Kier alpha value is -1.29. The fourth-order valence-electron chi connectivity index (χ4n) is 1.21. The van der Waals surface area contributed by atoms with Gasteiger partial charge in [-0.2, -0.15) is 0 Å². The molecule has 13 heavy (non-hydrogen) atoms. The summed E-state index contributed by atoms with van der Waals surface area (Å²) in [5, 5.41) is 0. The molecule has 3 nitrogen and oxygen atoms in total. The Morgan fingerprint density at radius 3 is 2.92 bits per heavy atom. The minimum Gasteiger partial charge on any atom is -0.313 e. The molecule has 0 unspecified atom stereocenters. The Labute approximate surface area is 79.7 Å². The third-order valence-electron chi connectivity index (χ3n) is 1.84. The highest BCUT2D eigenvalue weighted by atomic mass is 32.1. The van der Waals surface area contributed by atoms with E-state index in [1.54, 1.807) is 28.3 Å². The number of aromatic amines is 1. The number of hydrogen-bond donors (Lipinski definition) is 1. The van der Waals surface area contributed by atoms with Gasteiger partial charge in [-0.25, -0.2) is 4.79 Å². The molecule has 2 aromatic heterocycles. The molecule has 0 radical (unpaired) electrons. The van der Waals surface area contributed by atoms with Crippen LogP contribution >= 0.6 is 11.3 Å². The number of H-pyrrole nitrogens is 1. The van der Waals surface area contributed by atoms with Crippen molar-refractivity contribution in [2.75, 3.05) is 0 Å². The fraction of sp³-hybridized carbons (Fsp3) is 0.222. The van der Waals surface area contributed by atoms with Crippen LogP contribution in [0.3, 0.4) is 0 Å². The largest absolute Gasteiger partial charge is 0.325 e. The van der Waals surface area contributed by atoms with Gasteiger partial charge in [0, 0.05) is 22.1 Å². The van der Waals surface area contributed by atoms with Crippen LogP contribution in [0, 0.1) is 6.92 Å². The summed E-state index contributed by atoms with van der Waals surface area (Å²) in [6.45, 7) is 2.73. The normalized spacial score (nSPS) is 10.5. The van der Waals surface area contributed by atoms with Crippen LogP contribution in [-0.4, -0.2) is 9.55 Å². The molecule has 0 atom stereocenters. The maximum atomic E-state index is 11.1.